The van der Waals surface area contributed by atoms with E-state index in [0.29, 0.717) is 5.56 Å². The number of benzene rings is 3. The fourth-order valence-corrected chi connectivity index (χ4v) is 5.69. The minimum atomic E-state index is -1.58. The molecule has 2 aliphatic rings. The molecule has 11 nitrogen and oxygen atoms in total. The first-order valence-electron chi connectivity index (χ1n) is 13.9. The Hall–Kier alpha value is -4.13. The van der Waals surface area contributed by atoms with Crippen LogP contribution in [0, 0.1) is 0 Å². The molecule has 0 aromatic heterocycles. The smallest absolute Gasteiger partial charge is 0.407 e. The van der Waals surface area contributed by atoms with Gasteiger partial charge in [-0.2, -0.15) is 0 Å². The molecule has 1 amide bonds. The average molecular weight is 592 g/mol. The van der Waals surface area contributed by atoms with Gasteiger partial charge in [0.05, 0.1) is 12.7 Å². The standard InChI is InChI=1S/C32H33NO10/c34-15-27-29(37)30(38)28(36)26(43-27)14-25(35)18-11-9-17(10-12-18)13-24(31(39)40)33-32(41)42-16-23-21-7-3-1-5-19(21)20-6-2-4-8-22(20)23/h1-12,23-24,26-30,34,36-38H,13-16H2,(H,33,41)(H,39,40)/t24?,26-,27+,28-,29-,30+/m0/s1. The molecule has 3 aromatic rings. The van der Waals surface area contributed by atoms with E-state index in [1.165, 1.54) is 12.1 Å². The Morgan fingerprint density at radius 3 is 1.98 bits per heavy atom. The summed E-state index contributed by atoms with van der Waals surface area (Å²) in [5.41, 5.74) is 5.00. The second-order valence-corrected chi connectivity index (χ2v) is 10.8. The third-order valence-electron chi connectivity index (χ3n) is 8.03. The fraction of sp³-hybridized carbons (Fsp3) is 0.344. The van der Waals surface area contributed by atoms with Gasteiger partial charge in [-0.15, -0.1) is 0 Å². The largest absolute Gasteiger partial charge is 0.480 e. The number of hydrogen-bond donors (Lipinski definition) is 6. The molecular formula is C32H33NO10. The SMILES string of the molecule is O=C(NC(Cc1ccc(C(=O)C[C@@H]2O[C@H](CO)[C@H](O)[C@H](O)[C@H]2O)cc1)C(=O)O)OCC1c2ccccc2-c2ccccc21. The number of aliphatic carboxylic acids is 1. The molecule has 43 heavy (non-hydrogen) atoms. The van der Waals surface area contributed by atoms with E-state index >= 15 is 0 Å². The third-order valence-corrected chi connectivity index (χ3v) is 8.03. The topological polar surface area (TPSA) is 183 Å². The normalized spacial score (nSPS) is 23.6. The quantitative estimate of drug-likeness (QED) is 0.190. The van der Waals surface area contributed by atoms with Crippen LogP contribution in [0.2, 0.25) is 0 Å². The lowest BCUT2D eigenvalue weighted by molar-refractivity contribution is -0.227. The Morgan fingerprint density at radius 2 is 1.40 bits per heavy atom. The maximum Gasteiger partial charge on any atom is 0.407 e. The summed E-state index contributed by atoms with van der Waals surface area (Å²) in [6, 6.07) is 20.5. The summed E-state index contributed by atoms with van der Waals surface area (Å²) in [4.78, 5) is 37.4. The number of carbonyl (C=O) groups excluding carboxylic acids is 2. The molecule has 1 unspecified atom stereocenters. The van der Waals surface area contributed by atoms with Gasteiger partial charge in [0.15, 0.2) is 5.78 Å². The van der Waals surface area contributed by atoms with Crippen molar-refractivity contribution >= 4 is 17.8 Å². The maximum atomic E-state index is 12.8. The van der Waals surface area contributed by atoms with Crippen LogP contribution in [0.1, 0.15) is 39.4 Å². The fourth-order valence-electron chi connectivity index (χ4n) is 5.69. The van der Waals surface area contributed by atoms with Gasteiger partial charge in [0.25, 0.3) is 0 Å². The van der Waals surface area contributed by atoms with E-state index in [1.54, 1.807) is 12.1 Å². The lowest BCUT2D eigenvalue weighted by Gasteiger charge is -2.39. The highest BCUT2D eigenvalue weighted by Gasteiger charge is 2.44. The van der Waals surface area contributed by atoms with Crippen LogP contribution < -0.4 is 5.32 Å². The van der Waals surface area contributed by atoms with Gasteiger partial charge >= 0.3 is 12.1 Å². The van der Waals surface area contributed by atoms with Crippen LogP contribution in [0.4, 0.5) is 4.79 Å². The first kappa shape index (κ1) is 30.3. The molecule has 1 heterocycles. The summed E-state index contributed by atoms with van der Waals surface area (Å²) in [7, 11) is 0. The molecule has 5 rings (SSSR count). The molecule has 11 heteroatoms. The number of rotatable bonds is 10. The van der Waals surface area contributed by atoms with Gasteiger partial charge in [0, 0.05) is 24.3 Å². The molecule has 3 aromatic carbocycles. The second kappa shape index (κ2) is 13.0. The van der Waals surface area contributed by atoms with Crippen molar-refractivity contribution in [2.24, 2.45) is 0 Å². The average Bonchev–Trinajstić information content (AvgIpc) is 3.33. The number of carbonyl (C=O) groups is 3. The summed E-state index contributed by atoms with van der Waals surface area (Å²) in [5.74, 6) is -1.85. The van der Waals surface area contributed by atoms with Crippen molar-refractivity contribution in [3.05, 3.63) is 95.1 Å². The van der Waals surface area contributed by atoms with E-state index in [0.717, 1.165) is 22.3 Å². The highest BCUT2D eigenvalue weighted by atomic mass is 16.6. The molecular weight excluding hydrogens is 558 g/mol. The van der Waals surface area contributed by atoms with E-state index in [4.69, 9.17) is 9.47 Å². The number of aliphatic hydroxyl groups excluding tert-OH is 4. The van der Waals surface area contributed by atoms with Crippen LogP contribution in [0.3, 0.4) is 0 Å². The Labute approximate surface area is 247 Å². The van der Waals surface area contributed by atoms with Gasteiger partial charge in [-0.05, 0) is 27.8 Å². The Bertz CT molecular complexity index is 1430. The van der Waals surface area contributed by atoms with Crippen molar-refractivity contribution < 1.29 is 49.4 Å². The van der Waals surface area contributed by atoms with Crippen LogP contribution in [-0.2, 0) is 20.7 Å². The number of Topliss-reactive ketones (excluding diaryl/α,β-unsaturated/α-hetero) is 1. The van der Waals surface area contributed by atoms with E-state index in [9.17, 15) is 39.9 Å². The first-order valence-corrected chi connectivity index (χ1v) is 13.9. The molecule has 6 atom stereocenters. The lowest BCUT2D eigenvalue weighted by atomic mass is 9.91. The van der Waals surface area contributed by atoms with Gasteiger partial charge in [-0.25, -0.2) is 9.59 Å². The Balaban J connectivity index is 1.17. The van der Waals surface area contributed by atoms with Gasteiger partial charge in [-0.3, -0.25) is 4.79 Å². The monoisotopic (exact) mass is 591 g/mol. The van der Waals surface area contributed by atoms with E-state index in [2.05, 4.69) is 5.32 Å². The summed E-state index contributed by atoms with van der Waals surface area (Å²) < 4.78 is 10.9. The summed E-state index contributed by atoms with van der Waals surface area (Å²) in [5, 5.41) is 51.6. The van der Waals surface area contributed by atoms with Gasteiger partial charge in [0.2, 0.25) is 0 Å². The maximum absolute atomic E-state index is 12.8. The number of ketones is 1. The molecule has 0 saturated carbocycles. The minimum absolute atomic E-state index is 0.0391. The number of nitrogens with one attached hydrogen (secondary N) is 1. The number of carboxylic acid groups (broad SMARTS) is 1. The molecule has 1 fully saturated rings. The van der Waals surface area contributed by atoms with Gasteiger partial charge in [0.1, 0.15) is 37.1 Å². The van der Waals surface area contributed by atoms with Gasteiger partial charge in [-0.1, -0.05) is 72.8 Å². The minimum Gasteiger partial charge on any atom is -0.480 e. The van der Waals surface area contributed by atoms with E-state index in [-0.39, 0.29) is 30.9 Å². The highest BCUT2D eigenvalue weighted by molar-refractivity contribution is 5.96. The zero-order valence-electron chi connectivity index (χ0n) is 23.1. The van der Waals surface area contributed by atoms with Crippen LogP contribution >= 0.6 is 0 Å². The molecule has 1 aliphatic heterocycles. The molecule has 1 aliphatic carbocycles. The Morgan fingerprint density at radius 1 is 0.814 bits per heavy atom. The zero-order valence-corrected chi connectivity index (χ0v) is 23.1. The summed E-state index contributed by atoms with van der Waals surface area (Å²) >= 11 is 0. The lowest BCUT2D eigenvalue weighted by Crippen LogP contribution is -2.58. The number of carboxylic acids is 1. The van der Waals surface area contributed by atoms with E-state index in [1.807, 2.05) is 48.5 Å². The molecule has 0 radical (unpaired) electrons. The number of ether oxygens (including phenoxy) is 2. The zero-order chi connectivity index (χ0) is 30.7. The van der Waals surface area contributed by atoms with Crippen LogP contribution in [0.15, 0.2) is 72.8 Å². The highest BCUT2D eigenvalue weighted by Crippen LogP contribution is 2.44. The first-order chi connectivity index (χ1) is 20.7. The van der Waals surface area contributed by atoms with Crippen molar-refractivity contribution in [2.45, 2.75) is 55.3 Å². The molecule has 226 valence electrons. The van der Waals surface area contributed by atoms with Crippen molar-refractivity contribution in [3.8, 4) is 11.1 Å². The molecule has 0 spiro atoms. The van der Waals surface area contributed by atoms with Crippen LogP contribution in [0.5, 0.6) is 0 Å². The number of amides is 1. The van der Waals surface area contributed by atoms with Gasteiger partial charge < -0.3 is 40.3 Å². The van der Waals surface area contributed by atoms with Crippen molar-refractivity contribution in [2.75, 3.05) is 13.2 Å². The third kappa shape index (κ3) is 6.46. The summed E-state index contributed by atoms with van der Waals surface area (Å²) in [6.07, 6.45) is -8.13. The van der Waals surface area contributed by atoms with E-state index < -0.39 is 61.0 Å². The number of alkyl carbamates (subject to hydrolysis) is 1. The number of fused-ring (bicyclic) bond motifs is 3. The predicted molar refractivity (Wildman–Crippen MR) is 152 cm³/mol. The Kier molecular flexibility index (Phi) is 9.19. The second-order valence-electron chi connectivity index (χ2n) is 10.8. The number of aliphatic hydroxyl groups is 4. The molecule has 0 bridgehead atoms. The van der Waals surface area contributed by atoms with Crippen LogP contribution in [0.25, 0.3) is 11.1 Å². The summed E-state index contributed by atoms with van der Waals surface area (Å²) in [6.45, 7) is -0.559. The van der Waals surface area contributed by atoms with Crippen LogP contribution in [-0.4, -0.2) is 93.2 Å². The predicted octanol–water partition coefficient (Wildman–Crippen LogP) is 1.64. The van der Waals surface area contributed by atoms with Crippen molar-refractivity contribution in [3.63, 3.8) is 0 Å². The number of hydrogen-bond acceptors (Lipinski definition) is 9. The van der Waals surface area contributed by atoms with Crippen molar-refractivity contribution in [1.29, 1.82) is 0 Å². The van der Waals surface area contributed by atoms with Crippen molar-refractivity contribution in [1.82, 2.24) is 5.32 Å². The molecule has 1 saturated heterocycles. The molecule has 6 N–H and O–H groups in total.